The van der Waals surface area contributed by atoms with Gasteiger partial charge in [-0.05, 0) is 36.4 Å². The molecule has 0 saturated carbocycles. The second kappa shape index (κ2) is 3.66. The smallest absolute Gasteiger partial charge is 0.261 e. The molecule has 2 rings (SSSR count). The first-order chi connectivity index (χ1) is 7.15. The fourth-order valence-electron chi connectivity index (χ4n) is 1.84. The SMILES string of the molecule is CNC(=O)c1sc2cccc(C)c2c1C. The molecule has 2 aromatic rings. The molecule has 1 N–H and O–H groups in total. The normalized spacial score (nSPS) is 10.6. The average Bonchev–Trinajstić information content (AvgIpc) is 2.56. The third kappa shape index (κ3) is 1.53. The van der Waals surface area contributed by atoms with E-state index in [0.29, 0.717) is 0 Å². The molecule has 0 aliphatic rings. The van der Waals surface area contributed by atoms with Gasteiger partial charge in [-0.25, -0.2) is 0 Å². The van der Waals surface area contributed by atoms with Crippen LogP contribution in [0.25, 0.3) is 10.1 Å². The van der Waals surface area contributed by atoms with Crippen LogP contribution in [0.5, 0.6) is 0 Å². The molecule has 1 aromatic carbocycles. The maximum Gasteiger partial charge on any atom is 0.261 e. The summed E-state index contributed by atoms with van der Waals surface area (Å²) in [7, 11) is 1.67. The summed E-state index contributed by atoms with van der Waals surface area (Å²) >= 11 is 1.56. The number of rotatable bonds is 1. The van der Waals surface area contributed by atoms with Gasteiger partial charge in [0.25, 0.3) is 5.91 Å². The van der Waals surface area contributed by atoms with Crippen LogP contribution in [0.15, 0.2) is 18.2 Å². The molecule has 0 aliphatic carbocycles. The van der Waals surface area contributed by atoms with Gasteiger partial charge in [0.1, 0.15) is 0 Å². The highest BCUT2D eigenvalue weighted by Crippen LogP contribution is 2.32. The van der Waals surface area contributed by atoms with Crippen LogP contribution < -0.4 is 5.32 Å². The highest BCUT2D eigenvalue weighted by Gasteiger charge is 2.14. The monoisotopic (exact) mass is 219 g/mol. The van der Waals surface area contributed by atoms with Gasteiger partial charge < -0.3 is 5.32 Å². The van der Waals surface area contributed by atoms with Crippen LogP contribution in [0.4, 0.5) is 0 Å². The van der Waals surface area contributed by atoms with E-state index in [1.165, 1.54) is 15.6 Å². The first-order valence-corrected chi connectivity index (χ1v) is 5.67. The number of hydrogen-bond donors (Lipinski definition) is 1. The van der Waals surface area contributed by atoms with Gasteiger partial charge in [-0.15, -0.1) is 11.3 Å². The highest BCUT2D eigenvalue weighted by atomic mass is 32.1. The van der Waals surface area contributed by atoms with Crippen LogP contribution in [-0.2, 0) is 0 Å². The molecule has 0 aliphatic heterocycles. The number of amides is 1. The first kappa shape index (κ1) is 10.2. The molecule has 0 fully saturated rings. The Labute approximate surface area is 92.9 Å². The van der Waals surface area contributed by atoms with E-state index in [1.54, 1.807) is 18.4 Å². The molecule has 0 saturated heterocycles. The van der Waals surface area contributed by atoms with E-state index in [0.717, 1.165) is 10.4 Å². The van der Waals surface area contributed by atoms with Crippen molar-refractivity contribution in [2.24, 2.45) is 0 Å². The summed E-state index contributed by atoms with van der Waals surface area (Å²) in [6.45, 7) is 4.09. The molecule has 0 atom stereocenters. The van der Waals surface area contributed by atoms with Crippen LogP contribution >= 0.6 is 11.3 Å². The second-order valence-corrected chi connectivity index (χ2v) is 4.64. The minimum Gasteiger partial charge on any atom is -0.354 e. The van der Waals surface area contributed by atoms with Crippen molar-refractivity contribution < 1.29 is 4.79 Å². The van der Waals surface area contributed by atoms with Crippen molar-refractivity contribution in [2.75, 3.05) is 7.05 Å². The summed E-state index contributed by atoms with van der Waals surface area (Å²) in [5, 5.41) is 3.90. The van der Waals surface area contributed by atoms with Crippen LogP contribution in [-0.4, -0.2) is 13.0 Å². The van der Waals surface area contributed by atoms with Crippen LogP contribution in [0.1, 0.15) is 20.8 Å². The minimum atomic E-state index is 0.00750. The predicted octanol–water partition coefficient (Wildman–Crippen LogP) is 2.88. The third-order valence-electron chi connectivity index (χ3n) is 2.60. The number of aryl methyl sites for hydroxylation is 2. The molecular weight excluding hydrogens is 206 g/mol. The summed E-state index contributed by atoms with van der Waals surface area (Å²) in [6.07, 6.45) is 0. The summed E-state index contributed by atoms with van der Waals surface area (Å²) in [6, 6.07) is 6.17. The molecule has 0 spiro atoms. The van der Waals surface area contributed by atoms with Gasteiger partial charge in [-0.1, -0.05) is 12.1 Å². The number of carbonyl (C=O) groups is 1. The average molecular weight is 219 g/mol. The zero-order valence-electron chi connectivity index (χ0n) is 9.05. The maximum absolute atomic E-state index is 11.6. The van der Waals surface area contributed by atoms with Crippen LogP contribution in [0.3, 0.4) is 0 Å². The van der Waals surface area contributed by atoms with E-state index in [-0.39, 0.29) is 5.91 Å². The molecule has 1 heterocycles. The molecule has 0 radical (unpaired) electrons. The number of thiophene rings is 1. The topological polar surface area (TPSA) is 29.1 Å². The van der Waals surface area contributed by atoms with E-state index in [4.69, 9.17) is 0 Å². The molecule has 3 heteroatoms. The van der Waals surface area contributed by atoms with Crippen LogP contribution in [0.2, 0.25) is 0 Å². The first-order valence-electron chi connectivity index (χ1n) is 4.86. The van der Waals surface area contributed by atoms with Gasteiger partial charge in [0.2, 0.25) is 0 Å². The van der Waals surface area contributed by atoms with E-state index >= 15 is 0 Å². The number of carbonyl (C=O) groups excluding carboxylic acids is 1. The van der Waals surface area contributed by atoms with Crippen molar-refractivity contribution >= 4 is 27.3 Å². The Balaban J connectivity index is 2.75. The zero-order chi connectivity index (χ0) is 11.0. The number of nitrogens with one attached hydrogen (secondary N) is 1. The van der Waals surface area contributed by atoms with Gasteiger partial charge >= 0.3 is 0 Å². The van der Waals surface area contributed by atoms with Gasteiger partial charge in [0.15, 0.2) is 0 Å². The lowest BCUT2D eigenvalue weighted by Crippen LogP contribution is -2.17. The van der Waals surface area contributed by atoms with Crippen molar-refractivity contribution in [3.8, 4) is 0 Å². The van der Waals surface area contributed by atoms with Gasteiger partial charge in [-0.3, -0.25) is 4.79 Å². The van der Waals surface area contributed by atoms with E-state index in [9.17, 15) is 4.79 Å². The summed E-state index contributed by atoms with van der Waals surface area (Å²) in [5.41, 5.74) is 2.32. The number of hydrogen-bond acceptors (Lipinski definition) is 2. The number of benzene rings is 1. The van der Waals surface area contributed by atoms with E-state index in [2.05, 4.69) is 24.4 Å². The van der Waals surface area contributed by atoms with Crippen molar-refractivity contribution in [1.82, 2.24) is 5.32 Å². The summed E-state index contributed by atoms with van der Waals surface area (Å²) in [5.74, 6) is 0.00750. The molecule has 0 bridgehead atoms. The third-order valence-corrected chi connectivity index (χ3v) is 3.85. The Morgan fingerprint density at radius 2 is 2.07 bits per heavy atom. The van der Waals surface area contributed by atoms with Crippen LogP contribution in [0, 0.1) is 13.8 Å². The lowest BCUT2D eigenvalue weighted by Gasteiger charge is -1.98. The van der Waals surface area contributed by atoms with Crippen molar-refractivity contribution in [3.63, 3.8) is 0 Å². The Morgan fingerprint density at radius 3 is 2.67 bits per heavy atom. The molecule has 15 heavy (non-hydrogen) atoms. The molecule has 0 unspecified atom stereocenters. The Kier molecular flexibility index (Phi) is 2.49. The zero-order valence-corrected chi connectivity index (χ0v) is 9.87. The molecule has 1 amide bonds. The van der Waals surface area contributed by atoms with Gasteiger partial charge in [-0.2, -0.15) is 0 Å². The predicted molar refractivity (Wildman–Crippen MR) is 64.7 cm³/mol. The molecule has 2 nitrogen and oxygen atoms in total. The Bertz CT molecular complexity index is 528. The van der Waals surface area contributed by atoms with Crippen molar-refractivity contribution in [2.45, 2.75) is 13.8 Å². The molecular formula is C12H13NOS. The minimum absolute atomic E-state index is 0.00750. The Hall–Kier alpha value is -1.35. The highest BCUT2D eigenvalue weighted by molar-refractivity contribution is 7.21. The van der Waals surface area contributed by atoms with Crippen molar-refractivity contribution in [1.29, 1.82) is 0 Å². The Morgan fingerprint density at radius 1 is 1.33 bits per heavy atom. The van der Waals surface area contributed by atoms with E-state index in [1.807, 2.05) is 13.0 Å². The van der Waals surface area contributed by atoms with E-state index < -0.39 is 0 Å². The molecule has 78 valence electrons. The summed E-state index contributed by atoms with van der Waals surface area (Å²) in [4.78, 5) is 12.4. The standard InChI is InChI=1S/C12H13NOS/c1-7-5-4-6-9-10(7)8(2)11(15-9)12(14)13-3/h4-6H,1-3H3,(H,13,14). The van der Waals surface area contributed by atoms with Gasteiger partial charge in [0.05, 0.1) is 4.88 Å². The quantitative estimate of drug-likeness (QED) is 0.785. The lowest BCUT2D eigenvalue weighted by molar-refractivity contribution is 0.0966. The van der Waals surface area contributed by atoms with Gasteiger partial charge in [0, 0.05) is 11.7 Å². The van der Waals surface area contributed by atoms with Crippen molar-refractivity contribution in [3.05, 3.63) is 34.2 Å². The summed E-state index contributed by atoms with van der Waals surface area (Å²) < 4.78 is 1.19. The fraction of sp³-hybridized carbons (Fsp3) is 0.250. The second-order valence-electron chi connectivity index (χ2n) is 3.58. The lowest BCUT2D eigenvalue weighted by atomic mass is 10.1. The fourth-order valence-corrected chi connectivity index (χ4v) is 3.07. The largest absolute Gasteiger partial charge is 0.354 e. The maximum atomic E-state index is 11.6. The molecule has 1 aromatic heterocycles. The number of fused-ring (bicyclic) bond motifs is 1.